The van der Waals surface area contributed by atoms with Gasteiger partial charge in [0.25, 0.3) is 0 Å². The predicted octanol–water partition coefficient (Wildman–Crippen LogP) is 4.61. The maximum absolute atomic E-state index is 13.0. The van der Waals surface area contributed by atoms with Gasteiger partial charge in [-0.2, -0.15) is 13.2 Å². The van der Waals surface area contributed by atoms with Gasteiger partial charge in [0.2, 0.25) is 0 Å². The van der Waals surface area contributed by atoms with Gasteiger partial charge >= 0.3 is 6.18 Å². The molecule has 4 aromatic heterocycles. The number of halogens is 3. The summed E-state index contributed by atoms with van der Waals surface area (Å²) in [7, 11) is 1.51. The minimum atomic E-state index is -4.51. The highest BCUT2D eigenvalue weighted by molar-refractivity contribution is 5.66. The second kappa shape index (κ2) is 8.47. The SMILES string of the molecule is Cc1nc(-c2cccnc2C(C)C)c2n1CCN(c1cnc(-c3nc(C(F)(F)F)cn3C)cn1)C2. The first-order valence-corrected chi connectivity index (χ1v) is 11.3. The lowest BCUT2D eigenvalue weighted by atomic mass is 10.00. The fraction of sp³-hybridized carbons (Fsp3) is 0.375. The Labute approximate surface area is 200 Å². The van der Waals surface area contributed by atoms with E-state index in [-0.39, 0.29) is 17.4 Å². The van der Waals surface area contributed by atoms with Gasteiger partial charge in [-0.15, -0.1) is 0 Å². The van der Waals surface area contributed by atoms with E-state index in [1.54, 1.807) is 12.4 Å². The van der Waals surface area contributed by atoms with Gasteiger partial charge in [0.05, 0.1) is 36.0 Å². The molecule has 182 valence electrons. The van der Waals surface area contributed by atoms with E-state index < -0.39 is 11.9 Å². The molecule has 4 aromatic rings. The normalized spacial score (nSPS) is 14.0. The Balaban J connectivity index is 1.44. The molecule has 1 aliphatic heterocycles. The van der Waals surface area contributed by atoms with Crippen molar-refractivity contribution in [1.82, 2.24) is 34.1 Å². The predicted molar refractivity (Wildman–Crippen MR) is 125 cm³/mol. The lowest BCUT2D eigenvalue weighted by molar-refractivity contribution is -0.140. The van der Waals surface area contributed by atoms with Crippen LogP contribution in [-0.4, -0.2) is 40.6 Å². The molecule has 0 unspecified atom stereocenters. The third-order valence-electron chi connectivity index (χ3n) is 6.20. The van der Waals surface area contributed by atoms with E-state index in [9.17, 15) is 13.2 Å². The van der Waals surface area contributed by atoms with Crippen LogP contribution in [0.2, 0.25) is 0 Å². The van der Waals surface area contributed by atoms with Crippen LogP contribution in [0.1, 0.15) is 42.7 Å². The van der Waals surface area contributed by atoms with Crippen LogP contribution in [0.3, 0.4) is 0 Å². The molecule has 0 aliphatic carbocycles. The first-order chi connectivity index (χ1) is 16.6. The molecule has 0 amide bonds. The minimum absolute atomic E-state index is 0.115. The summed E-state index contributed by atoms with van der Waals surface area (Å²) in [6.45, 7) is 8.27. The van der Waals surface area contributed by atoms with Gasteiger partial charge in [-0.3, -0.25) is 4.98 Å². The molecule has 0 saturated carbocycles. The fourth-order valence-corrected chi connectivity index (χ4v) is 4.48. The van der Waals surface area contributed by atoms with E-state index in [4.69, 9.17) is 4.98 Å². The molecule has 0 saturated heterocycles. The smallest absolute Gasteiger partial charge is 0.348 e. The number of anilines is 1. The summed E-state index contributed by atoms with van der Waals surface area (Å²) in [6, 6.07) is 3.98. The summed E-state index contributed by atoms with van der Waals surface area (Å²) >= 11 is 0. The first-order valence-electron chi connectivity index (χ1n) is 11.3. The highest BCUT2D eigenvalue weighted by atomic mass is 19.4. The number of imidazole rings is 2. The van der Waals surface area contributed by atoms with Gasteiger partial charge in [-0.25, -0.2) is 19.9 Å². The van der Waals surface area contributed by atoms with Gasteiger partial charge in [0.1, 0.15) is 17.3 Å². The lowest BCUT2D eigenvalue weighted by Gasteiger charge is -2.30. The largest absolute Gasteiger partial charge is 0.434 e. The van der Waals surface area contributed by atoms with E-state index in [1.165, 1.54) is 17.8 Å². The molecule has 0 fully saturated rings. The number of rotatable bonds is 4. The number of alkyl halides is 3. The summed E-state index contributed by atoms with van der Waals surface area (Å²) in [6.07, 6.45) is 1.29. The molecule has 8 nitrogen and oxygen atoms in total. The molecule has 11 heteroatoms. The van der Waals surface area contributed by atoms with Crippen molar-refractivity contribution in [2.24, 2.45) is 7.05 Å². The Morgan fingerprint density at radius 1 is 1.03 bits per heavy atom. The number of hydrogen-bond acceptors (Lipinski definition) is 6. The van der Waals surface area contributed by atoms with Gasteiger partial charge in [-0.05, 0) is 25.0 Å². The topological polar surface area (TPSA) is 77.5 Å². The van der Waals surface area contributed by atoms with Crippen LogP contribution in [0.4, 0.5) is 19.0 Å². The minimum Gasteiger partial charge on any atom is -0.348 e. The average Bonchev–Trinajstić information content (AvgIpc) is 3.39. The maximum atomic E-state index is 13.0. The second-order valence-corrected chi connectivity index (χ2v) is 8.94. The van der Waals surface area contributed by atoms with Crippen LogP contribution in [0.25, 0.3) is 22.8 Å². The van der Waals surface area contributed by atoms with E-state index in [0.29, 0.717) is 18.9 Å². The maximum Gasteiger partial charge on any atom is 0.434 e. The van der Waals surface area contributed by atoms with E-state index in [1.807, 2.05) is 13.0 Å². The monoisotopic (exact) mass is 482 g/mol. The van der Waals surface area contributed by atoms with Crippen LogP contribution in [-0.2, 0) is 26.3 Å². The standard InChI is InChI=1S/C24H25F3N8/c1-14(2)21-16(6-5-7-28-21)22-18-12-34(8-9-35(18)15(3)31-22)20-11-29-17(10-30-20)23-32-19(13-33(23)4)24(25,26)27/h5-7,10-11,13-14H,8-9,12H2,1-4H3. The van der Waals surface area contributed by atoms with Crippen molar-refractivity contribution < 1.29 is 13.2 Å². The first kappa shape index (κ1) is 23.0. The molecule has 5 rings (SSSR count). The Bertz CT molecular complexity index is 1370. The van der Waals surface area contributed by atoms with Crippen LogP contribution >= 0.6 is 0 Å². The fourth-order valence-electron chi connectivity index (χ4n) is 4.48. The summed E-state index contributed by atoms with van der Waals surface area (Å²) in [5, 5.41) is 0. The van der Waals surface area contributed by atoms with Gasteiger partial charge in [0, 0.05) is 38.1 Å². The highest BCUT2D eigenvalue weighted by Gasteiger charge is 2.35. The molecule has 5 heterocycles. The second-order valence-electron chi connectivity index (χ2n) is 8.94. The number of aromatic nitrogens is 7. The zero-order valence-corrected chi connectivity index (χ0v) is 19.9. The Hall–Kier alpha value is -3.76. The third kappa shape index (κ3) is 4.15. The number of aryl methyl sites for hydroxylation is 2. The molecule has 0 spiro atoms. The van der Waals surface area contributed by atoms with Crippen LogP contribution in [0.5, 0.6) is 0 Å². The summed E-state index contributed by atoms with van der Waals surface area (Å²) in [5.41, 5.74) is 3.35. The van der Waals surface area contributed by atoms with Crippen molar-refractivity contribution in [2.75, 3.05) is 11.4 Å². The molecule has 0 radical (unpaired) electrons. The summed E-state index contributed by atoms with van der Waals surface area (Å²) in [4.78, 5) is 24.1. The molecule has 0 aromatic carbocycles. The van der Waals surface area contributed by atoms with E-state index in [2.05, 4.69) is 49.3 Å². The Kier molecular flexibility index (Phi) is 5.57. The molecule has 35 heavy (non-hydrogen) atoms. The van der Waals surface area contributed by atoms with Crippen molar-refractivity contribution in [3.63, 3.8) is 0 Å². The molecular formula is C24H25F3N8. The van der Waals surface area contributed by atoms with E-state index >= 15 is 0 Å². The van der Waals surface area contributed by atoms with Crippen molar-refractivity contribution in [3.05, 3.63) is 59.8 Å². The Morgan fingerprint density at radius 3 is 2.49 bits per heavy atom. The highest BCUT2D eigenvalue weighted by Crippen LogP contribution is 2.34. The average molecular weight is 483 g/mol. The van der Waals surface area contributed by atoms with Crippen molar-refractivity contribution in [1.29, 1.82) is 0 Å². The van der Waals surface area contributed by atoms with Crippen molar-refractivity contribution in [3.8, 4) is 22.8 Å². The number of fused-ring (bicyclic) bond motifs is 1. The molecule has 1 aliphatic rings. The van der Waals surface area contributed by atoms with Crippen molar-refractivity contribution in [2.45, 2.75) is 46.0 Å². The van der Waals surface area contributed by atoms with Crippen LogP contribution < -0.4 is 4.90 Å². The number of hydrogen-bond donors (Lipinski definition) is 0. The van der Waals surface area contributed by atoms with Gasteiger partial charge in [0.15, 0.2) is 11.5 Å². The summed E-state index contributed by atoms with van der Waals surface area (Å²) < 4.78 is 42.6. The van der Waals surface area contributed by atoms with Crippen LogP contribution in [0.15, 0.2) is 36.9 Å². The molecular weight excluding hydrogens is 457 g/mol. The summed E-state index contributed by atoms with van der Waals surface area (Å²) in [5.74, 6) is 1.96. The lowest BCUT2D eigenvalue weighted by Crippen LogP contribution is -2.34. The van der Waals surface area contributed by atoms with E-state index in [0.717, 1.165) is 41.2 Å². The van der Waals surface area contributed by atoms with Gasteiger partial charge < -0.3 is 14.0 Å². The molecule has 0 N–H and O–H groups in total. The number of pyridine rings is 1. The third-order valence-corrected chi connectivity index (χ3v) is 6.20. The van der Waals surface area contributed by atoms with Gasteiger partial charge in [-0.1, -0.05) is 13.8 Å². The molecule has 0 atom stereocenters. The molecule has 0 bridgehead atoms. The quantitative estimate of drug-likeness (QED) is 0.423. The Morgan fingerprint density at radius 2 is 1.83 bits per heavy atom. The van der Waals surface area contributed by atoms with Crippen LogP contribution in [0, 0.1) is 6.92 Å². The van der Waals surface area contributed by atoms with Crippen molar-refractivity contribution >= 4 is 5.82 Å². The zero-order chi connectivity index (χ0) is 24.9. The zero-order valence-electron chi connectivity index (χ0n) is 19.9. The number of nitrogens with zero attached hydrogens (tertiary/aromatic N) is 8.